The van der Waals surface area contributed by atoms with Crippen LogP contribution in [-0.2, 0) is 9.59 Å². The summed E-state index contributed by atoms with van der Waals surface area (Å²) in [4.78, 5) is 21.9. The Labute approximate surface area is 79.7 Å². The molecular weight excluding hydrogens is 170 g/mol. The van der Waals surface area contributed by atoms with E-state index < -0.39 is 12.0 Å². The van der Waals surface area contributed by atoms with Gasteiger partial charge in [0.15, 0.2) is 0 Å². The monoisotopic (exact) mass is 188 g/mol. The average Bonchev–Trinajstić information content (AvgIpc) is 2.13. The molecule has 0 aliphatic heterocycles. The molecule has 76 valence electrons. The second kappa shape index (κ2) is 5.56. The third kappa shape index (κ3) is 3.92. The van der Waals surface area contributed by atoms with Crippen molar-refractivity contribution in [2.24, 2.45) is 5.92 Å². The summed E-state index contributed by atoms with van der Waals surface area (Å²) in [6.45, 7) is 3.63. The molecule has 0 unspecified atom stereocenters. The molecule has 0 bridgehead atoms. The summed E-state index contributed by atoms with van der Waals surface area (Å²) in [6.07, 6.45) is 0.748. The van der Waals surface area contributed by atoms with Crippen molar-refractivity contribution in [1.29, 1.82) is 0 Å². The highest BCUT2D eigenvalue weighted by Crippen LogP contribution is 2.07. The lowest BCUT2D eigenvalue weighted by Crippen LogP contribution is -2.44. The molecule has 4 nitrogen and oxygen atoms in total. The van der Waals surface area contributed by atoms with Gasteiger partial charge in [0, 0.05) is 7.79 Å². The highest BCUT2D eigenvalue weighted by Gasteiger charge is 2.24. The lowest BCUT2D eigenvalue weighted by Gasteiger charge is -2.19. The summed E-state index contributed by atoms with van der Waals surface area (Å²) >= 11 is 0. The summed E-state index contributed by atoms with van der Waals surface area (Å²) in [5.41, 5.74) is 0. The molecule has 0 radical (unpaired) electrons. The van der Waals surface area contributed by atoms with Crippen molar-refractivity contribution in [1.82, 2.24) is 5.32 Å². The number of carboxylic acids is 1. The van der Waals surface area contributed by atoms with Crippen LogP contribution in [0, 0.1) is 5.92 Å². The van der Waals surface area contributed by atoms with Crippen molar-refractivity contribution in [3.63, 3.8) is 0 Å². The van der Waals surface area contributed by atoms with Crippen LogP contribution in [0.25, 0.3) is 0 Å². The maximum Gasteiger partial charge on any atom is 0.326 e. The number of amides is 1. The topological polar surface area (TPSA) is 66.4 Å². The molecule has 0 aliphatic carbocycles. The van der Waals surface area contributed by atoms with E-state index in [1.807, 2.05) is 6.92 Å². The van der Waals surface area contributed by atoms with Crippen molar-refractivity contribution in [3.05, 3.63) is 0 Å². The van der Waals surface area contributed by atoms with Crippen LogP contribution in [0.1, 0.15) is 35.0 Å². The highest BCUT2D eigenvalue weighted by molar-refractivity contribution is 5.83. The van der Waals surface area contributed by atoms with Crippen molar-refractivity contribution >= 4 is 11.9 Å². The summed E-state index contributed by atoms with van der Waals surface area (Å²) in [7, 11) is 0. The molecule has 4 heteroatoms. The first-order valence-electron chi connectivity index (χ1n) is 5.05. The molecule has 0 spiro atoms. The molecule has 0 aromatic carbocycles. The van der Waals surface area contributed by atoms with Crippen LogP contribution in [0.5, 0.6) is 0 Å². The largest absolute Gasteiger partial charge is 0.480 e. The summed E-state index contributed by atoms with van der Waals surface area (Å²) in [5, 5.41) is 11.2. The van der Waals surface area contributed by atoms with Crippen molar-refractivity contribution < 1.29 is 16.1 Å². The van der Waals surface area contributed by atoms with Gasteiger partial charge in [-0.05, 0) is 5.92 Å². The van der Waals surface area contributed by atoms with Crippen LogP contribution >= 0.6 is 0 Å². The van der Waals surface area contributed by atoms with Gasteiger partial charge < -0.3 is 10.4 Å². The normalized spacial score (nSPS) is 15.7. The lowest BCUT2D eigenvalue weighted by molar-refractivity contribution is -0.143. The van der Waals surface area contributed by atoms with Crippen LogP contribution in [0.2, 0.25) is 0 Å². The Morgan fingerprint density at radius 2 is 2.23 bits per heavy atom. The van der Waals surface area contributed by atoms with Gasteiger partial charge in [0.1, 0.15) is 6.04 Å². The molecule has 0 aromatic heterocycles. The number of aliphatic carboxylic acids is 1. The summed E-state index contributed by atoms with van der Waals surface area (Å²) in [6, 6.07) is -0.834. The van der Waals surface area contributed by atoms with Crippen molar-refractivity contribution in [3.8, 4) is 0 Å². The van der Waals surface area contributed by atoms with E-state index in [0.29, 0.717) is 6.42 Å². The van der Waals surface area contributed by atoms with E-state index in [2.05, 4.69) is 5.32 Å². The Bertz CT molecular complexity index is 208. The molecule has 13 heavy (non-hydrogen) atoms. The predicted molar refractivity (Wildman–Crippen MR) is 49.3 cm³/mol. The SMILES string of the molecule is [2H]CCC(=O)N[C@H](C(=O)O)[C@H](C)CC. The lowest BCUT2D eigenvalue weighted by atomic mass is 9.99. The second-order valence-corrected chi connectivity index (χ2v) is 3.02. The number of carbonyl (C=O) groups is 2. The van der Waals surface area contributed by atoms with Gasteiger partial charge >= 0.3 is 5.97 Å². The third-order valence-electron chi connectivity index (χ3n) is 2.02. The molecule has 0 aromatic rings. The number of hydrogen-bond acceptors (Lipinski definition) is 2. The number of nitrogens with one attached hydrogen (secondary N) is 1. The fourth-order valence-corrected chi connectivity index (χ4v) is 0.929. The molecule has 1 amide bonds. The average molecular weight is 188 g/mol. The smallest absolute Gasteiger partial charge is 0.326 e. The van der Waals surface area contributed by atoms with Crippen LogP contribution in [0.15, 0.2) is 0 Å². The molecule has 2 N–H and O–H groups in total. The first-order valence-corrected chi connectivity index (χ1v) is 4.34. The number of hydrogen-bond donors (Lipinski definition) is 2. The quantitative estimate of drug-likeness (QED) is 0.676. The molecule has 0 saturated heterocycles. The fraction of sp³-hybridized carbons (Fsp3) is 0.778. The Morgan fingerprint density at radius 1 is 1.62 bits per heavy atom. The number of carboxylic acid groups (broad SMARTS) is 1. The molecule has 0 saturated carbocycles. The van der Waals surface area contributed by atoms with Gasteiger partial charge in [-0.25, -0.2) is 4.79 Å². The minimum absolute atomic E-state index is 0.0152. The molecule has 2 atom stereocenters. The Hall–Kier alpha value is -1.06. The maximum atomic E-state index is 11.1. The zero-order chi connectivity index (χ0) is 11.1. The summed E-state index contributed by atoms with van der Waals surface area (Å²) in [5.74, 6) is -1.48. The van der Waals surface area contributed by atoms with Crippen LogP contribution in [0.4, 0.5) is 0 Å². The molecular formula is C9H17NO3. The molecule has 0 aliphatic rings. The van der Waals surface area contributed by atoms with E-state index >= 15 is 0 Å². The minimum atomic E-state index is -1.02. The van der Waals surface area contributed by atoms with Gasteiger partial charge in [-0.3, -0.25) is 4.79 Å². The van der Waals surface area contributed by atoms with E-state index in [9.17, 15) is 9.59 Å². The first kappa shape index (κ1) is 10.0. The van der Waals surface area contributed by atoms with E-state index in [0.717, 1.165) is 0 Å². The zero-order valence-corrected chi connectivity index (χ0v) is 8.04. The fourth-order valence-electron chi connectivity index (χ4n) is 0.929. The van der Waals surface area contributed by atoms with E-state index in [1.54, 1.807) is 6.92 Å². The van der Waals surface area contributed by atoms with E-state index in [-0.39, 0.29) is 25.1 Å². The van der Waals surface area contributed by atoms with Gasteiger partial charge in [0.25, 0.3) is 0 Å². The van der Waals surface area contributed by atoms with Gasteiger partial charge in [0.2, 0.25) is 5.91 Å². The van der Waals surface area contributed by atoms with Crippen molar-refractivity contribution in [2.75, 3.05) is 0 Å². The molecule has 0 rings (SSSR count). The first-order chi connectivity index (χ1) is 6.52. The van der Waals surface area contributed by atoms with Gasteiger partial charge in [-0.1, -0.05) is 27.2 Å². The van der Waals surface area contributed by atoms with Gasteiger partial charge in [-0.2, -0.15) is 0 Å². The number of rotatable bonds is 5. The van der Waals surface area contributed by atoms with Gasteiger partial charge in [-0.15, -0.1) is 0 Å². The number of carbonyl (C=O) groups excluding carboxylic acids is 1. The predicted octanol–water partition coefficient (Wildman–Crippen LogP) is 1.01. The highest BCUT2D eigenvalue weighted by atomic mass is 16.4. The van der Waals surface area contributed by atoms with Crippen molar-refractivity contribution in [2.45, 2.75) is 39.6 Å². The standard InChI is InChI=1S/C9H17NO3/c1-4-6(3)8(9(12)13)10-7(11)5-2/h6,8H,4-5H2,1-3H3,(H,10,11)(H,12,13)/t6-,8+/m1/s1/i2D. The van der Waals surface area contributed by atoms with Crippen LogP contribution in [0.3, 0.4) is 0 Å². The third-order valence-corrected chi connectivity index (χ3v) is 2.02. The Kier molecular flexibility index (Phi) is 4.29. The van der Waals surface area contributed by atoms with E-state index in [4.69, 9.17) is 6.48 Å². The summed E-state index contributed by atoms with van der Waals surface area (Å²) < 4.78 is 6.83. The minimum Gasteiger partial charge on any atom is -0.480 e. The maximum absolute atomic E-state index is 11.1. The zero-order valence-electron chi connectivity index (χ0n) is 9.04. The van der Waals surface area contributed by atoms with Gasteiger partial charge in [0.05, 0.1) is 0 Å². The van der Waals surface area contributed by atoms with E-state index in [1.165, 1.54) is 0 Å². The Morgan fingerprint density at radius 3 is 2.62 bits per heavy atom. The van der Waals surface area contributed by atoms with Crippen LogP contribution < -0.4 is 5.32 Å². The Balaban J connectivity index is 4.23. The van der Waals surface area contributed by atoms with Crippen LogP contribution in [-0.4, -0.2) is 23.0 Å². The molecule has 0 fully saturated rings. The second-order valence-electron chi connectivity index (χ2n) is 3.02. The molecule has 0 heterocycles.